The van der Waals surface area contributed by atoms with Crippen LogP contribution in [0.4, 0.5) is 5.69 Å². The van der Waals surface area contributed by atoms with E-state index in [1.807, 2.05) is 30.5 Å². The highest BCUT2D eigenvalue weighted by Gasteiger charge is 2.13. The summed E-state index contributed by atoms with van der Waals surface area (Å²) >= 11 is 0. The predicted molar refractivity (Wildman–Crippen MR) is 122 cm³/mol. The Morgan fingerprint density at radius 2 is 1.87 bits per heavy atom. The van der Waals surface area contributed by atoms with Crippen LogP contribution < -0.4 is 0 Å². The lowest BCUT2D eigenvalue weighted by molar-refractivity contribution is -0.384. The van der Waals surface area contributed by atoms with Crippen molar-refractivity contribution in [2.75, 3.05) is 6.54 Å². The molecule has 0 aliphatic heterocycles. The van der Waals surface area contributed by atoms with Gasteiger partial charge >= 0.3 is 0 Å². The number of hydrogen-bond donors (Lipinski definition) is 0. The first kappa shape index (κ1) is 21.8. The number of nitro benzene ring substituents is 1. The smallest absolute Gasteiger partial charge is 0.269 e. The summed E-state index contributed by atoms with van der Waals surface area (Å²) in [6.07, 6.45) is 6.87. The van der Waals surface area contributed by atoms with E-state index in [1.54, 1.807) is 29.2 Å². The first-order chi connectivity index (χ1) is 15.0. The Morgan fingerprint density at radius 1 is 1.13 bits per heavy atom. The van der Waals surface area contributed by atoms with Gasteiger partial charge in [0.25, 0.3) is 5.69 Å². The molecule has 0 fully saturated rings. The van der Waals surface area contributed by atoms with Crippen molar-refractivity contribution in [3.05, 3.63) is 118 Å². The highest BCUT2D eigenvalue weighted by molar-refractivity contribution is 5.91. The van der Waals surface area contributed by atoms with Gasteiger partial charge in [-0.15, -0.1) is 6.58 Å². The Morgan fingerprint density at radius 3 is 2.55 bits per heavy atom. The quantitative estimate of drug-likeness (QED) is 0.214. The number of hydrogen-bond acceptors (Lipinski definition) is 3. The van der Waals surface area contributed by atoms with Gasteiger partial charge in [0.2, 0.25) is 5.91 Å². The van der Waals surface area contributed by atoms with Crippen LogP contribution in [0, 0.1) is 17.0 Å². The summed E-state index contributed by atoms with van der Waals surface area (Å²) in [5, 5.41) is 10.8. The van der Waals surface area contributed by atoms with Gasteiger partial charge in [-0.25, -0.2) is 0 Å². The lowest BCUT2D eigenvalue weighted by Crippen LogP contribution is -2.30. The molecule has 0 N–H and O–H groups in total. The predicted octanol–water partition coefficient (Wildman–Crippen LogP) is 4.98. The molecule has 0 spiro atoms. The molecule has 1 heterocycles. The van der Waals surface area contributed by atoms with Gasteiger partial charge in [-0.05, 0) is 54.0 Å². The van der Waals surface area contributed by atoms with Crippen molar-refractivity contribution in [1.82, 2.24) is 9.47 Å². The summed E-state index contributed by atoms with van der Waals surface area (Å²) in [5.74, 6) is -0.151. The van der Waals surface area contributed by atoms with Crippen LogP contribution in [-0.2, 0) is 17.9 Å². The second-order valence-electron chi connectivity index (χ2n) is 7.24. The van der Waals surface area contributed by atoms with Crippen molar-refractivity contribution in [3.63, 3.8) is 0 Å². The second kappa shape index (κ2) is 10.2. The average molecular weight is 415 g/mol. The third-order valence-electron chi connectivity index (χ3n) is 5.06. The van der Waals surface area contributed by atoms with Gasteiger partial charge in [-0.2, -0.15) is 0 Å². The van der Waals surface area contributed by atoms with Gasteiger partial charge in [0.1, 0.15) is 0 Å². The summed E-state index contributed by atoms with van der Waals surface area (Å²) in [4.78, 5) is 24.8. The molecule has 0 aliphatic rings. The van der Waals surface area contributed by atoms with Crippen LogP contribution in [0.2, 0.25) is 0 Å². The van der Waals surface area contributed by atoms with Gasteiger partial charge in [-0.3, -0.25) is 14.9 Å². The molecule has 0 saturated heterocycles. The normalized spacial score (nSPS) is 10.9. The van der Waals surface area contributed by atoms with E-state index in [0.29, 0.717) is 13.1 Å². The molecular weight excluding hydrogens is 390 g/mol. The monoisotopic (exact) mass is 415 g/mol. The molecule has 0 bridgehead atoms. The molecule has 158 valence electrons. The maximum atomic E-state index is 12.8. The number of carbonyl (C=O) groups excluding carboxylic acids is 1. The number of rotatable bonds is 9. The van der Waals surface area contributed by atoms with E-state index in [-0.39, 0.29) is 11.6 Å². The average Bonchev–Trinajstić information content (AvgIpc) is 3.20. The number of non-ortho nitro benzene ring substituents is 1. The second-order valence-corrected chi connectivity index (χ2v) is 7.24. The van der Waals surface area contributed by atoms with Gasteiger partial charge in [0, 0.05) is 43.2 Å². The van der Waals surface area contributed by atoms with E-state index >= 15 is 0 Å². The summed E-state index contributed by atoms with van der Waals surface area (Å²) in [6, 6.07) is 18.3. The maximum absolute atomic E-state index is 12.8. The van der Waals surface area contributed by atoms with Gasteiger partial charge in [-0.1, -0.05) is 30.3 Å². The largest absolute Gasteiger partial charge is 0.345 e. The van der Waals surface area contributed by atoms with Crippen LogP contribution in [0.15, 0.2) is 85.6 Å². The minimum atomic E-state index is -0.448. The first-order valence-electron chi connectivity index (χ1n) is 9.99. The molecule has 0 radical (unpaired) electrons. The Labute approximate surface area is 181 Å². The van der Waals surface area contributed by atoms with Gasteiger partial charge in [0.05, 0.1) is 11.5 Å². The number of nitro groups is 1. The molecule has 3 aromatic rings. The molecule has 1 aromatic heterocycles. The highest BCUT2D eigenvalue weighted by Crippen LogP contribution is 2.15. The topological polar surface area (TPSA) is 68.4 Å². The molecule has 3 rings (SSSR count). The molecule has 0 unspecified atom stereocenters. The lowest BCUT2D eigenvalue weighted by atomic mass is 10.1. The molecule has 0 saturated carbocycles. The van der Waals surface area contributed by atoms with E-state index in [9.17, 15) is 14.9 Å². The highest BCUT2D eigenvalue weighted by atomic mass is 16.6. The van der Waals surface area contributed by atoms with Gasteiger partial charge in [0.15, 0.2) is 0 Å². The lowest BCUT2D eigenvalue weighted by Gasteiger charge is -2.21. The van der Waals surface area contributed by atoms with Crippen molar-refractivity contribution >= 4 is 17.7 Å². The fourth-order valence-electron chi connectivity index (χ4n) is 3.28. The number of amides is 1. The molecule has 0 aliphatic carbocycles. The minimum absolute atomic E-state index is 0.0196. The zero-order valence-corrected chi connectivity index (χ0v) is 17.5. The first-order valence-corrected chi connectivity index (χ1v) is 9.99. The van der Waals surface area contributed by atoms with Crippen LogP contribution in [0.25, 0.3) is 6.08 Å². The minimum Gasteiger partial charge on any atom is -0.345 e. The molecular formula is C25H25N3O3. The summed E-state index contributed by atoms with van der Waals surface area (Å²) < 4.78 is 2.14. The van der Waals surface area contributed by atoms with Crippen molar-refractivity contribution in [3.8, 4) is 0 Å². The fraction of sp³-hybridized carbons (Fsp3) is 0.160. The van der Waals surface area contributed by atoms with Crippen LogP contribution in [0.5, 0.6) is 0 Å². The van der Waals surface area contributed by atoms with E-state index < -0.39 is 4.92 Å². The van der Waals surface area contributed by atoms with Crippen LogP contribution in [0.1, 0.15) is 22.4 Å². The van der Waals surface area contributed by atoms with Crippen molar-refractivity contribution in [2.24, 2.45) is 0 Å². The SMILES string of the molecule is C=CCN(Cc1cccn1Cc1ccccc1C)C(=O)/C=C/c1ccc([N+](=O)[O-])cc1. The van der Waals surface area contributed by atoms with E-state index in [0.717, 1.165) is 17.8 Å². The molecule has 6 heteroatoms. The molecule has 1 amide bonds. The van der Waals surface area contributed by atoms with E-state index in [4.69, 9.17) is 0 Å². The molecule has 0 atom stereocenters. The van der Waals surface area contributed by atoms with Crippen molar-refractivity contribution < 1.29 is 9.72 Å². The third kappa shape index (κ3) is 5.79. The Bertz CT molecular complexity index is 1100. The third-order valence-corrected chi connectivity index (χ3v) is 5.06. The summed E-state index contributed by atoms with van der Waals surface area (Å²) in [6.45, 7) is 7.47. The van der Waals surface area contributed by atoms with E-state index in [1.165, 1.54) is 29.3 Å². The van der Waals surface area contributed by atoms with Crippen molar-refractivity contribution in [1.29, 1.82) is 0 Å². The Balaban J connectivity index is 1.72. The zero-order chi connectivity index (χ0) is 22.2. The van der Waals surface area contributed by atoms with E-state index in [2.05, 4.69) is 30.2 Å². The van der Waals surface area contributed by atoms with Crippen LogP contribution in [0.3, 0.4) is 0 Å². The molecule has 31 heavy (non-hydrogen) atoms. The summed E-state index contributed by atoms with van der Waals surface area (Å²) in [7, 11) is 0. The number of carbonyl (C=O) groups is 1. The van der Waals surface area contributed by atoms with Crippen molar-refractivity contribution in [2.45, 2.75) is 20.0 Å². The molecule has 6 nitrogen and oxygen atoms in total. The van der Waals surface area contributed by atoms with Crippen LogP contribution in [-0.4, -0.2) is 26.8 Å². The summed E-state index contributed by atoms with van der Waals surface area (Å²) in [5.41, 5.74) is 4.24. The fourth-order valence-corrected chi connectivity index (χ4v) is 3.28. The standard InChI is InChI=1S/C25H25N3O3/c1-3-16-27(25(29)15-12-21-10-13-23(14-11-21)28(30)31)19-24-9-6-17-26(24)18-22-8-5-4-7-20(22)2/h3-15,17H,1,16,18-19H2,2H3/b15-12+. The Hall–Kier alpha value is -3.93. The number of benzene rings is 2. The molecule has 2 aromatic carbocycles. The maximum Gasteiger partial charge on any atom is 0.269 e. The Kier molecular flexibility index (Phi) is 7.17. The number of aromatic nitrogens is 1. The van der Waals surface area contributed by atoms with Crippen LogP contribution >= 0.6 is 0 Å². The van der Waals surface area contributed by atoms with Gasteiger partial charge < -0.3 is 9.47 Å². The number of aryl methyl sites for hydroxylation is 1. The zero-order valence-electron chi connectivity index (χ0n) is 17.5. The number of nitrogens with zero attached hydrogens (tertiary/aromatic N) is 3.